The monoisotopic (exact) mass is 272 g/mol. The number of halogens is 1. The number of nitrogens with zero attached hydrogens (tertiary/aromatic N) is 2. The summed E-state index contributed by atoms with van der Waals surface area (Å²) < 4.78 is 2.03. The quantitative estimate of drug-likeness (QED) is 0.729. The van der Waals surface area contributed by atoms with Crippen molar-refractivity contribution in [3.8, 4) is 17.1 Å². The summed E-state index contributed by atoms with van der Waals surface area (Å²) in [6.07, 6.45) is 0. The Morgan fingerprint density at radius 3 is 2.68 bits per heavy atom. The van der Waals surface area contributed by atoms with E-state index in [0.29, 0.717) is 5.02 Å². The van der Waals surface area contributed by atoms with E-state index in [1.807, 2.05) is 24.6 Å². The molecule has 0 aliphatic heterocycles. The number of phenols is 1. The van der Waals surface area contributed by atoms with Crippen molar-refractivity contribution in [1.82, 2.24) is 9.55 Å². The molecule has 0 saturated heterocycles. The Kier molecular flexibility index (Phi) is 2.72. The van der Waals surface area contributed by atoms with Gasteiger partial charge in [0.1, 0.15) is 11.6 Å². The van der Waals surface area contributed by atoms with Crippen LogP contribution in [0.1, 0.15) is 5.56 Å². The number of hydrogen-bond acceptors (Lipinski definition) is 2. The number of aromatic hydroxyl groups is 1. The lowest BCUT2D eigenvalue weighted by atomic mass is 10.2. The van der Waals surface area contributed by atoms with Crippen molar-refractivity contribution < 1.29 is 5.11 Å². The van der Waals surface area contributed by atoms with E-state index in [-0.39, 0.29) is 5.75 Å². The molecule has 0 amide bonds. The number of phenolic OH excluding ortho intramolecular Hbond substituents is 1. The minimum absolute atomic E-state index is 0.0834. The molecule has 3 nitrogen and oxygen atoms in total. The van der Waals surface area contributed by atoms with Crippen LogP contribution in [0, 0.1) is 6.92 Å². The van der Waals surface area contributed by atoms with Crippen LogP contribution >= 0.6 is 11.6 Å². The smallest absolute Gasteiger partial charge is 0.140 e. The molecule has 0 aliphatic rings. The number of hydrogen-bond donors (Lipinski definition) is 1. The summed E-state index contributed by atoms with van der Waals surface area (Å²) in [4.78, 5) is 4.64. The Hall–Kier alpha value is -2.00. The van der Waals surface area contributed by atoms with E-state index < -0.39 is 0 Å². The molecule has 19 heavy (non-hydrogen) atoms. The van der Waals surface area contributed by atoms with Gasteiger partial charge in [0.25, 0.3) is 0 Å². The summed E-state index contributed by atoms with van der Waals surface area (Å²) in [5.74, 6) is 0.919. The molecule has 4 heteroatoms. The third kappa shape index (κ3) is 1.96. The van der Waals surface area contributed by atoms with Crippen molar-refractivity contribution in [2.24, 2.45) is 7.05 Å². The Balaban J connectivity index is 2.24. The third-order valence-electron chi connectivity index (χ3n) is 3.24. The minimum atomic E-state index is 0.0834. The van der Waals surface area contributed by atoms with Crippen LogP contribution in [0.3, 0.4) is 0 Å². The lowest BCUT2D eigenvalue weighted by Gasteiger charge is -2.04. The van der Waals surface area contributed by atoms with E-state index in [0.717, 1.165) is 22.4 Å². The summed E-state index contributed by atoms with van der Waals surface area (Å²) in [5, 5.41) is 9.81. The molecule has 0 saturated carbocycles. The maximum Gasteiger partial charge on any atom is 0.140 e. The van der Waals surface area contributed by atoms with Gasteiger partial charge in [-0.3, -0.25) is 0 Å². The Labute approximate surface area is 116 Å². The molecule has 0 unspecified atom stereocenters. The predicted octanol–water partition coefficient (Wildman–Crippen LogP) is 3.91. The zero-order chi connectivity index (χ0) is 13.6. The number of aryl methyl sites for hydroxylation is 2. The second-order valence-electron chi connectivity index (χ2n) is 4.65. The first-order valence-corrected chi connectivity index (χ1v) is 6.36. The summed E-state index contributed by atoms with van der Waals surface area (Å²) in [5.41, 5.74) is 4.10. The molecule has 3 aromatic rings. The first-order valence-electron chi connectivity index (χ1n) is 5.98. The van der Waals surface area contributed by atoms with Crippen LogP contribution in [-0.2, 0) is 7.05 Å². The van der Waals surface area contributed by atoms with Gasteiger partial charge in [-0.15, -0.1) is 0 Å². The molecule has 0 fully saturated rings. The second kappa shape index (κ2) is 4.28. The normalized spacial score (nSPS) is 11.1. The van der Waals surface area contributed by atoms with Gasteiger partial charge in [0.05, 0.1) is 16.1 Å². The van der Waals surface area contributed by atoms with Crippen LogP contribution in [0.25, 0.3) is 22.4 Å². The third-order valence-corrected chi connectivity index (χ3v) is 3.54. The van der Waals surface area contributed by atoms with E-state index >= 15 is 0 Å². The maximum atomic E-state index is 9.48. The number of fused-ring (bicyclic) bond motifs is 1. The van der Waals surface area contributed by atoms with Crippen molar-refractivity contribution in [3.05, 3.63) is 47.0 Å². The molecule has 0 radical (unpaired) electrons. The van der Waals surface area contributed by atoms with E-state index in [1.54, 1.807) is 12.1 Å². The molecule has 3 rings (SSSR count). The SMILES string of the molecule is Cc1ccc2c(c1)nc(-c1ccc(O)c(Cl)c1)n2C. The second-order valence-corrected chi connectivity index (χ2v) is 5.06. The van der Waals surface area contributed by atoms with Crippen molar-refractivity contribution in [2.45, 2.75) is 6.92 Å². The average Bonchev–Trinajstić information content (AvgIpc) is 2.70. The lowest BCUT2D eigenvalue weighted by molar-refractivity contribution is 0.475. The van der Waals surface area contributed by atoms with E-state index in [4.69, 9.17) is 11.6 Å². The molecule has 1 aromatic heterocycles. The number of imidazole rings is 1. The molecule has 2 aromatic carbocycles. The van der Waals surface area contributed by atoms with Gasteiger partial charge < -0.3 is 9.67 Å². The zero-order valence-corrected chi connectivity index (χ0v) is 11.4. The van der Waals surface area contributed by atoms with Gasteiger partial charge in [-0.25, -0.2) is 4.98 Å². The van der Waals surface area contributed by atoms with Crippen molar-refractivity contribution in [2.75, 3.05) is 0 Å². The lowest BCUT2D eigenvalue weighted by Crippen LogP contribution is -1.92. The summed E-state index contributed by atoms with van der Waals surface area (Å²) >= 11 is 5.95. The molecular weight excluding hydrogens is 260 g/mol. The van der Waals surface area contributed by atoms with Crippen LogP contribution in [-0.4, -0.2) is 14.7 Å². The molecule has 0 bridgehead atoms. The zero-order valence-electron chi connectivity index (χ0n) is 10.7. The summed E-state index contributed by atoms with van der Waals surface area (Å²) in [6.45, 7) is 2.05. The fraction of sp³-hybridized carbons (Fsp3) is 0.133. The highest BCUT2D eigenvalue weighted by Crippen LogP contribution is 2.30. The van der Waals surface area contributed by atoms with Gasteiger partial charge in [0.15, 0.2) is 0 Å². The van der Waals surface area contributed by atoms with Crippen LogP contribution < -0.4 is 0 Å². The molecule has 1 N–H and O–H groups in total. The minimum Gasteiger partial charge on any atom is -0.506 e. The van der Waals surface area contributed by atoms with Crippen LogP contribution in [0.5, 0.6) is 5.75 Å². The van der Waals surface area contributed by atoms with Gasteiger partial charge in [0.2, 0.25) is 0 Å². The first kappa shape index (κ1) is 12.1. The van der Waals surface area contributed by atoms with Crippen molar-refractivity contribution >= 4 is 22.6 Å². The fourth-order valence-corrected chi connectivity index (χ4v) is 2.39. The van der Waals surface area contributed by atoms with E-state index in [9.17, 15) is 5.11 Å². The molecular formula is C15H13ClN2O. The standard InChI is InChI=1S/C15H13ClN2O/c1-9-3-5-13-12(7-9)17-15(18(13)2)10-4-6-14(19)11(16)8-10/h3-8,19H,1-2H3. The molecule has 0 atom stereocenters. The Morgan fingerprint density at radius 1 is 1.16 bits per heavy atom. The molecule has 96 valence electrons. The van der Waals surface area contributed by atoms with Gasteiger partial charge >= 0.3 is 0 Å². The highest BCUT2D eigenvalue weighted by molar-refractivity contribution is 6.32. The molecule has 0 aliphatic carbocycles. The summed E-state index contributed by atoms with van der Waals surface area (Å²) in [6, 6.07) is 11.3. The van der Waals surface area contributed by atoms with Crippen molar-refractivity contribution in [1.29, 1.82) is 0 Å². The maximum absolute atomic E-state index is 9.48. The molecule has 1 heterocycles. The predicted molar refractivity (Wildman–Crippen MR) is 77.6 cm³/mol. The highest BCUT2D eigenvalue weighted by atomic mass is 35.5. The van der Waals surface area contributed by atoms with Gasteiger partial charge in [-0.1, -0.05) is 17.7 Å². The highest BCUT2D eigenvalue weighted by Gasteiger charge is 2.11. The topological polar surface area (TPSA) is 38.1 Å². The van der Waals surface area contributed by atoms with Gasteiger partial charge in [-0.05, 0) is 42.8 Å². The Bertz CT molecular complexity index is 777. The fourth-order valence-electron chi connectivity index (χ4n) is 2.21. The van der Waals surface area contributed by atoms with Crippen LogP contribution in [0.15, 0.2) is 36.4 Å². The van der Waals surface area contributed by atoms with Crippen LogP contribution in [0.2, 0.25) is 5.02 Å². The van der Waals surface area contributed by atoms with Crippen LogP contribution in [0.4, 0.5) is 0 Å². The number of benzene rings is 2. The Morgan fingerprint density at radius 2 is 1.95 bits per heavy atom. The van der Waals surface area contributed by atoms with Gasteiger partial charge in [-0.2, -0.15) is 0 Å². The average molecular weight is 273 g/mol. The number of aromatic nitrogens is 2. The van der Waals surface area contributed by atoms with E-state index in [1.165, 1.54) is 5.56 Å². The first-order chi connectivity index (χ1) is 9.06. The van der Waals surface area contributed by atoms with Crippen molar-refractivity contribution in [3.63, 3.8) is 0 Å². The summed E-state index contributed by atoms with van der Waals surface area (Å²) in [7, 11) is 1.97. The molecule has 0 spiro atoms. The van der Waals surface area contributed by atoms with Gasteiger partial charge in [0, 0.05) is 12.6 Å². The largest absolute Gasteiger partial charge is 0.506 e. The van der Waals surface area contributed by atoms with E-state index in [2.05, 4.69) is 23.2 Å². The number of rotatable bonds is 1.